The Balaban J connectivity index is 2.98. The summed E-state index contributed by atoms with van der Waals surface area (Å²) in [7, 11) is 0. The van der Waals surface area contributed by atoms with Gasteiger partial charge in [-0.2, -0.15) is 0 Å². The van der Waals surface area contributed by atoms with E-state index in [1.807, 2.05) is 0 Å². The molecule has 0 fully saturated rings. The maximum absolute atomic E-state index is 10.2. The quantitative estimate of drug-likeness (QED) is 0.641. The molecular weight excluding hydrogens is 185 g/mol. The normalized spacial score (nSPS) is 9.44. The van der Waals surface area contributed by atoms with E-state index in [0.29, 0.717) is 4.44 Å². The van der Waals surface area contributed by atoms with Gasteiger partial charge in [-0.05, 0) is 0 Å². The number of aromatic nitrogens is 1. The van der Waals surface area contributed by atoms with E-state index in [9.17, 15) is 4.79 Å². The van der Waals surface area contributed by atoms with Crippen LogP contribution in [0, 0.1) is 6.92 Å². The number of aromatic carboxylic acids is 1. The molecule has 1 rings (SSSR count). The number of carboxylic acid groups (broad SMARTS) is 1. The molecule has 48 valence electrons. The Kier molecular flexibility index (Phi) is 1.69. The SMILES string of the molecule is Cc1cc(C(=O)O)[se]n1. The second-order valence-corrected chi connectivity index (χ2v) is 3.33. The van der Waals surface area contributed by atoms with Gasteiger partial charge in [0.1, 0.15) is 0 Å². The van der Waals surface area contributed by atoms with Crippen LogP contribution in [0.2, 0.25) is 0 Å². The molecule has 0 aliphatic carbocycles. The first-order valence-electron chi connectivity index (χ1n) is 2.37. The van der Waals surface area contributed by atoms with Gasteiger partial charge in [-0.3, -0.25) is 0 Å². The van der Waals surface area contributed by atoms with Crippen molar-refractivity contribution in [2.24, 2.45) is 0 Å². The Labute approximate surface area is 58.3 Å². The molecule has 0 atom stereocenters. The zero-order valence-electron chi connectivity index (χ0n) is 4.79. The van der Waals surface area contributed by atoms with Gasteiger partial charge in [0, 0.05) is 0 Å². The molecule has 0 unspecified atom stereocenters. The predicted octanol–water partition coefficient (Wildman–Crippen LogP) is 0.145. The van der Waals surface area contributed by atoms with Crippen molar-refractivity contribution in [3.8, 4) is 0 Å². The van der Waals surface area contributed by atoms with Crippen molar-refractivity contribution in [1.29, 1.82) is 0 Å². The molecular formula is C5H5NO2Se. The Morgan fingerprint density at radius 2 is 2.56 bits per heavy atom. The van der Waals surface area contributed by atoms with E-state index < -0.39 is 5.97 Å². The fourth-order valence-corrected chi connectivity index (χ4v) is 1.72. The van der Waals surface area contributed by atoms with E-state index in [-0.39, 0.29) is 14.7 Å². The molecule has 1 N–H and O–H groups in total. The molecule has 0 bridgehead atoms. The average Bonchev–Trinajstić information content (AvgIpc) is 2.14. The van der Waals surface area contributed by atoms with E-state index in [1.54, 1.807) is 13.0 Å². The number of hydrogen-bond acceptors (Lipinski definition) is 2. The molecule has 1 heterocycles. The first-order chi connectivity index (χ1) is 4.20. The monoisotopic (exact) mass is 191 g/mol. The molecule has 0 spiro atoms. The van der Waals surface area contributed by atoms with Crippen molar-refractivity contribution in [3.63, 3.8) is 0 Å². The second kappa shape index (κ2) is 2.33. The van der Waals surface area contributed by atoms with Crippen molar-refractivity contribution in [3.05, 3.63) is 16.2 Å². The van der Waals surface area contributed by atoms with Gasteiger partial charge >= 0.3 is 57.7 Å². The summed E-state index contributed by atoms with van der Waals surface area (Å²) in [6.07, 6.45) is 0. The number of rotatable bonds is 1. The summed E-state index contributed by atoms with van der Waals surface area (Å²) in [4.78, 5) is 10.2. The van der Waals surface area contributed by atoms with Gasteiger partial charge in [0.25, 0.3) is 0 Å². The number of hydrogen-bond donors (Lipinski definition) is 1. The molecule has 0 saturated carbocycles. The van der Waals surface area contributed by atoms with E-state index in [0.717, 1.165) is 5.69 Å². The number of nitrogens with zero attached hydrogens (tertiary/aromatic N) is 1. The van der Waals surface area contributed by atoms with Crippen LogP contribution >= 0.6 is 0 Å². The van der Waals surface area contributed by atoms with Crippen LogP contribution in [0.15, 0.2) is 6.07 Å². The summed E-state index contributed by atoms with van der Waals surface area (Å²) in [5, 5.41) is 8.41. The molecule has 4 heteroatoms. The molecule has 0 amide bonds. The van der Waals surface area contributed by atoms with E-state index >= 15 is 0 Å². The molecule has 0 aromatic carbocycles. The standard InChI is InChI=1S/C5H5NO2Se/c1-3-2-4(5(7)8)9-6-3/h2H,1H3,(H,7,8). The van der Waals surface area contributed by atoms with Gasteiger partial charge in [0.15, 0.2) is 0 Å². The van der Waals surface area contributed by atoms with Crippen LogP contribution in [0.1, 0.15) is 14.9 Å². The summed E-state index contributed by atoms with van der Waals surface area (Å²) in [6.45, 7) is 1.80. The Bertz CT molecular complexity index is 231. The predicted molar refractivity (Wildman–Crippen MR) is 32.9 cm³/mol. The molecule has 1 aromatic rings. The van der Waals surface area contributed by atoms with Crippen LogP contribution < -0.4 is 0 Å². The summed E-state index contributed by atoms with van der Waals surface area (Å²) in [5.41, 5.74) is 0.826. The summed E-state index contributed by atoms with van der Waals surface area (Å²) >= 11 is -0.171. The van der Waals surface area contributed by atoms with Gasteiger partial charge in [0.05, 0.1) is 0 Å². The number of carboxylic acids is 1. The van der Waals surface area contributed by atoms with Crippen molar-refractivity contribution in [2.75, 3.05) is 0 Å². The van der Waals surface area contributed by atoms with Crippen LogP contribution in [-0.4, -0.2) is 29.8 Å². The van der Waals surface area contributed by atoms with E-state index in [4.69, 9.17) is 5.11 Å². The van der Waals surface area contributed by atoms with Crippen LogP contribution in [0.3, 0.4) is 0 Å². The van der Waals surface area contributed by atoms with Gasteiger partial charge in [-0.15, -0.1) is 0 Å². The third kappa shape index (κ3) is 1.40. The van der Waals surface area contributed by atoms with Crippen LogP contribution in [0.4, 0.5) is 0 Å². The fraction of sp³-hybridized carbons (Fsp3) is 0.200. The first kappa shape index (κ1) is 6.52. The minimum absolute atomic E-state index is 0.171. The van der Waals surface area contributed by atoms with Gasteiger partial charge in [-0.25, -0.2) is 0 Å². The van der Waals surface area contributed by atoms with E-state index in [1.165, 1.54) is 0 Å². The third-order valence-corrected chi connectivity index (χ3v) is 2.66. The third-order valence-electron chi connectivity index (χ3n) is 0.839. The van der Waals surface area contributed by atoms with Gasteiger partial charge in [0.2, 0.25) is 0 Å². The number of carbonyl (C=O) groups is 1. The van der Waals surface area contributed by atoms with Crippen molar-refractivity contribution in [2.45, 2.75) is 6.92 Å². The fourth-order valence-electron chi connectivity index (χ4n) is 0.464. The second-order valence-electron chi connectivity index (χ2n) is 1.64. The first-order valence-corrected chi connectivity index (χ1v) is 3.99. The summed E-state index contributed by atoms with van der Waals surface area (Å²) in [5.74, 6) is -0.837. The molecule has 0 aliphatic rings. The van der Waals surface area contributed by atoms with Gasteiger partial charge in [-0.1, -0.05) is 0 Å². The Morgan fingerprint density at radius 3 is 2.78 bits per heavy atom. The zero-order chi connectivity index (χ0) is 6.85. The molecule has 0 aliphatic heterocycles. The van der Waals surface area contributed by atoms with Crippen LogP contribution in [0.5, 0.6) is 0 Å². The Hall–Kier alpha value is -0.601. The van der Waals surface area contributed by atoms with E-state index in [2.05, 4.69) is 3.98 Å². The molecule has 3 nitrogen and oxygen atoms in total. The topological polar surface area (TPSA) is 50.2 Å². The molecule has 0 radical (unpaired) electrons. The van der Waals surface area contributed by atoms with Crippen molar-refractivity contribution >= 4 is 20.7 Å². The molecule has 0 saturated heterocycles. The zero-order valence-corrected chi connectivity index (χ0v) is 6.50. The average molecular weight is 190 g/mol. The minimum atomic E-state index is -0.837. The Morgan fingerprint density at radius 1 is 1.89 bits per heavy atom. The molecule has 1 aromatic heterocycles. The summed E-state index contributed by atoms with van der Waals surface area (Å²) in [6, 6.07) is 1.61. The van der Waals surface area contributed by atoms with Crippen LogP contribution in [-0.2, 0) is 0 Å². The van der Waals surface area contributed by atoms with Gasteiger partial charge < -0.3 is 0 Å². The molecule has 9 heavy (non-hydrogen) atoms. The van der Waals surface area contributed by atoms with Crippen molar-refractivity contribution in [1.82, 2.24) is 3.98 Å². The maximum atomic E-state index is 10.2. The van der Waals surface area contributed by atoms with Crippen molar-refractivity contribution < 1.29 is 9.90 Å². The summed E-state index contributed by atoms with van der Waals surface area (Å²) < 4.78 is 4.39. The number of aryl methyl sites for hydroxylation is 1. The van der Waals surface area contributed by atoms with Crippen LogP contribution in [0.25, 0.3) is 0 Å².